The number of benzene rings is 6. The lowest BCUT2D eigenvalue weighted by Crippen LogP contribution is -2.15. The van der Waals surface area contributed by atoms with Gasteiger partial charge in [-0.05, 0) is 70.8 Å². The molecule has 0 fully saturated rings. The first-order chi connectivity index (χ1) is 26.0. The fourth-order valence-electron chi connectivity index (χ4n) is 8.28. The van der Waals surface area contributed by atoms with Gasteiger partial charge in [0.05, 0.1) is 5.52 Å². The molecule has 0 unspecified atom stereocenters. The molecule has 6 aromatic carbocycles. The van der Waals surface area contributed by atoms with Crippen molar-refractivity contribution < 1.29 is 0 Å². The van der Waals surface area contributed by atoms with E-state index < -0.39 is 0 Å². The Hall–Kier alpha value is -6.50. The van der Waals surface area contributed by atoms with Crippen molar-refractivity contribution in [3.05, 3.63) is 163 Å². The van der Waals surface area contributed by atoms with E-state index >= 15 is 0 Å². The minimum absolute atomic E-state index is 0.257. The molecule has 4 aromatic heterocycles. The summed E-state index contributed by atoms with van der Waals surface area (Å²) < 4.78 is 4.80. The van der Waals surface area contributed by atoms with Crippen molar-refractivity contribution in [2.75, 3.05) is 0 Å². The fraction of sp³-hybridized carbons (Fsp3) is 0.0638. The second kappa shape index (κ2) is 11.2. The topological polar surface area (TPSA) is 56.5 Å². The first kappa shape index (κ1) is 30.2. The number of fused-ring (bicyclic) bond motifs is 9. The number of hydrogen-bond donors (Lipinski definition) is 0. The molecule has 250 valence electrons. The molecule has 0 aliphatic heterocycles. The molecule has 0 saturated heterocycles. The third kappa shape index (κ3) is 4.55. The lowest BCUT2D eigenvalue weighted by molar-refractivity contribution is 0.660. The van der Waals surface area contributed by atoms with E-state index in [0.29, 0.717) is 17.5 Å². The monoisotopic (exact) mass is 697 g/mol. The van der Waals surface area contributed by atoms with Crippen LogP contribution in [0.3, 0.4) is 0 Å². The average molecular weight is 698 g/mol. The summed E-state index contributed by atoms with van der Waals surface area (Å²) in [5, 5.41) is 4.90. The van der Waals surface area contributed by atoms with Crippen LogP contribution in [0.2, 0.25) is 0 Å². The maximum absolute atomic E-state index is 5.16. The summed E-state index contributed by atoms with van der Waals surface area (Å²) in [4.78, 5) is 20.1. The molecule has 53 heavy (non-hydrogen) atoms. The Kier molecular flexibility index (Phi) is 6.40. The smallest absolute Gasteiger partial charge is 0.164 e. The van der Waals surface area contributed by atoms with Crippen LogP contribution < -0.4 is 0 Å². The van der Waals surface area contributed by atoms with Gasteiger partial charge < -0.3 is 0 Å². The Bertz CT molecular complexity index is 3050. The van der Waals surface area contributed by atoms with Crippen LogP contribution in [0.15, 0.2) is 152 Å². The van der Waals surface area contributed by atoms with Crippen LogP contribution in [-0.4, -0.2) is 24.5 Å². The number of hydrogen-bond acceptors (Lipinski definition) is 5. The number of para-hydroxylation sites is 1. The van der Waals surface area contributed by atoms with E-state index in [4.69, 9.17) is 19.9 Å². The van der Waals surface area contributed by atoms with Crippen LogP contribution in [-0.2, 0) is 5.41 Å². The summed E-state index contributed by atoms with van der Waals surface area (Å²) >= 11 is 1.80. The maximum atomic E-state index is 5.16. The van der Waals surface area contributed by atoms with Gasteiger partial charge in [-0.1, -0.05) is 111 Å². The average Bonchev–Trinajstić information content (AvgIpc) is 3.83. The minimum atomic E-state index is -0.257. The highest BCUT2D eigenvalue weighted by Gasteiger charge is 2.36. The van der Waals surface area contributed by atoms with Gasteiger partial charge in [0.25, 0.3) is 0 Å². The van der Waals surface area contributed by atoms with E-state index in [9.17, 15) is 0 Å². The minimum Gasteiger partial charge on any atom is -0.294 e. The highest BCUT2D eigenvalue weighted by Crippen LogP contribution is 2.50. The molecule has 1 aliphatic carbocycles. The Morgan fingerprint density at radius 1 is 0.491 bits per heavy atom. The van der Waals surface area contributed by atoms with E-state index in [2.05, 4.69) is 140 Å². The molecule has 5 nitrogen and oxygen atoms in total. The van der Waals surface area contributed by atoms with Crippen molar-refractivity contribution in [3.63, 3.8) is 0 Å². The lowest BCUT2D eigenvalue weighted by Gasteiger charge is -2.23. The molecule has 4 heterocycles. The molecule has 0 atom stereocenters. The van der Waals surface area contributed by atoms with Crippen molar-refractivity contribution in [2.45, 2.75) is 19.3 Å². The number of aromatic nitrogens is 5. The van der Waals surface area contributed by atoms with Crippen molar-refractivity contribution in [1.29, 1.82) is 0 Å². The number of nitrogens with zero attached hydrogens (tertiary/aromatic N) is 5. The third-order valence-corrected chi connectivity index (χ3v) is 12.0. The number of pyridine rings is 1. The van der Waals surface area contributed by atoms with Crippen molar-refractivity contribution in [1.82, 2.24) is 24.5 Å². The lowest BCUT2D eigenvalue weighted by atomic mass is 9.82. The maximum Gasteiger partial charge on any atom is 0.164 e. The van der Waals surface area contributed by atoms with Gasteiger partial charge in [0.2, 0.25) is 0 Å². The molecular weight excluding hydrogens is 667 g/mol. The van der Waals surface area contributed by atoms with Gasteiger partial charge >= 0.3 is 0 Å². The van der Waals surface area contributed by atoms with E-state index in [-0.39, 0.29) is 5.41 Å². The molecule has 0 bridgehead atoms. The zero-order valence-electron chi connectivity index (χ0n) is 29.1. The van der Waals surface area contributed by atoms with E-state index in [1.165, 1.54) is 47.8 Å². The summed E-state index contributed by atoms with van der Waals surface area (Å²) in [7, 11) is 0. The summed E-state index contributed by atoms with van der Waals surface area (Å²) in [6.07, 6.45) is 1.88. The van der Waals surface area contributed by atoms with Crippen molar-refractivity contribution in [3.8, 4) is 51.0 Å². The summed E-state index contributed by atoms with van der Waals surface area (Å²) in [5.74, 6) is 1.99. The molecule has 0 N–H and O–H groups in total. The Morgan fingerprint density at radius 2 is 1.11 bits per heavy atom. The largest absolute Gasteiger partial charge is 0.294 e. The first-order valence-corrected chi connectivity index (χ1v) is 18.7. The second-order valence-electron chi connectivity index (χ2n) is 14.3. The molecule has 6 heteroatoms. The van der Waals surface area contributed by atoms with Crippen molar-refractivity contribution in [2.24, 2.45) is 0 Å². The SMILES string of the molecule is CC1(C)c2cc(-c3nc(-c4ccccc4)nc(-c4ccc5c(c4)sc4ccccc45)n3)ccc2-c2ccc(-n3c4ccccc4c4cccnc43)cc21. The summed E-state index contributed by atoms with van der Waals surface area (Å²) in [6, 6.07) is 51.7. The highest BCUT2D eigenvalue weighted by atomic mass is 32.1. The van der Waals surface area contributed by atoms with E-state index in [1.54, 1.807) is 11.3 Å². The highest BCUT2D eigenvalue weighted by molar-refractivity contribution is 7.25. The van der Waals surface area contributed by atoms with Crippen LogP contribution in [0.25, 0.3) is 93.1 Å². The number of thiophene rings is 1. The van der Waals surface area contributed by atoms with Crippen LogP contribution in [0, 0.1) is 0 Å². The normalized spacial score (nSPS) is 13.2. The summed E-state index contributed by atoms with van der Waals surface area (Å²) in [6.45, 7) is 4.65. The molecule has 0 amide bonds. The van der Waals surface area contributed by atoms with Gasteiger partial charge in [-0.25, -0.2) is 19.9 Å². The molecule has 0 saturated carbocycles. The molecule has 0 spiro atoms. The zero-order valence-corrected chi connectivity index (χ0v) is 29.9. The van der Waals surface area contributed by atoms with Gasteiger partial charge in [-0.15, -0.1) is 11.3 Å². The predicted molar refractivity (Wildman–Crippen MR) is 219 cm³/mol. The van der Waals surface area contributed by atoms with Gasteiger partial charge in [0.15, 0.2) is 17.5 Å². The van der Waals surface area contributed by atoms with Crippen LogP contribution in [0.5, 0.6) is 0 Å². The second-order valence-corrected chi connectivity index (χ2v) is 15.4. The van der Waals surface area contributed by atoms with Crippen LogP contribution in [0.4, 0.5) is 0 Å². The van der Waals surface area contributed by atoms with Gasteiger partial charge in [-0.2, -0.15) is 0 Å². The van der Waals surface area contributed by atoms with E-state index in [0.717, 1.165) is 38.9 Å². The third-order valence-electron chi connectivity index (χ3n) is 10.9. The zero-order chi connectivity index (χ0) is 35.3. The van der Waals surface area contributed by atoms with Gasteiger partial charge in [0.1, 0.15) is 5.65 Å². The van der Waals surface area contributed by atoms with Crippen molar-refractivity contribution >= 4 is 53.4 Å². The Balaban J connectivity index is 1.04. The Morgan fingerprint density at radius 3 is 1.94 bits per heavy atom. The standard InChI is InChI=1S/C47H31N5S/c1-47(2)38-25-29(18-21-32(38)33-23-20-31(27-39(33)47)52-40-16-8-6-13-34(40)37-15-10-24-48-46(37)52)44-49-43(28-11-4-3-5-12-28)50-45(51-44)30-19-22-36-35-14-7-9-17-41(35)53-42(36)26-30/h3-27H,1-2H3. The van der Waals surface area contributed by atoms with Gasteiger partial charge in [-0.3, -0.25) is 4.57 Å². The quantitative estimate of drug-likeness (QED) is 0.184. The fourth-order valence-corrected chi connectivity index (χ4v) is 9.42. The van der Waals surface area contributed by atoms with E-state index in [1.807, 2.05) is 30.5 Å². The molecule has 11 rings (SSSR count). The molecule has 10 aromatic rings. The summed E-state index contributed by atoms with van der Waals surface area (Å²) in [5.41, 5.74) is 10.9. The molecule has 0 radical (unpaired) electrons. The van der Waals surface area contributed by atoms with Crippen LogP contribution in [0.1, 0.15) is 25.0 Å². The predicted octanol–water partition coefficient (Wildman–Crippen LogP) is 12.0. The molecular formula is C47H31N5S. The van der Waals surface area contributed by atoms with Gasteiger partial charge in [0, 0.05) is 64.9 Å². The molecule has 1 aliphatic rings. The number of rotatable bonds is 4. The Labute approximate surface area is 309 Å². The first-order valence-electron chi connectivity index (χ1n) is 17.9. The van der Waals surface area contributed by atoms with Crippen LogP contribution >= 0.6 is 11.3 Å².